The van der Waals surface area contributed by atoms with Gasteiger partial charge in [0.25, 0.3) is 0 Å². The Kier molecular flexibility index (Phi) is 5.34. The van der Waals surface area contributed by atoms with E-state index in [1.165, 1.54) is 6.07 Å². The van der Waals surface area contributed by atoms with Crippen molar-refractivity contribution in [3.8, 4) is 0 Å². The van der Waals surface area contributed by atoms with E-state index in [1.807, 2.05) is 30.3 Å². The van der Waals surface area contributed by atoms with Crippen LogP contribution in [-0.4, -0.2) is 50.9 Å². The highest BCUT2D eigenvalue weighted by Crippen LogP contribution is 2.43. The molecule has 3 heterocycles. The van der Waals surface area contributed by atoms with Crippen LogP contribution in [0, 0.1) is 11.1 Å². The van der Waals surface area contributed by atoms with Gasteiger partial charge in [0, 0.05) is 29.6 Å². The minimum Gasteiger partial charge on any atom is -0.733 e. The molecule has 0 radical (unpaired) electrons. The lowest BCUT2D eigenvalue weighted by atomic mass is 9.86. The van der Waals surface area contributed by atoms with Crippen LogP contribution in [0.5, 0.6) is 0 Å². The molecule has 5 rings (SSSR count). The second-order valence-corrected chi connectivity index (χ2v) is 9.30. The molecule has 1 saturated heterocycles. The summed E-state index contributed by atoms with van der Waals surface area (Å²) >= 11 is 0. The molecule has 2 aliphatic heterocycles. The lowest BCUT2D eigenvalue weighted by Crippen LogP contribution is -2.63. The molecule has 2 aromatic carbocycles. The first-order chi connectivity index (χ1) is 15.8. The van der Waals surface area contributed by atoms with Crippen molar-refractivity contribution in [2.75, 3.05) is 18.3 Å². The first-order valence-corrected chi connectivity index (χ1v) is 11.3. The minimum atomic E-state index is -0.615. The summed E-state index contributed by atoms with van der Waals surface area (Å²) in [7, 11) is 0. The number of benzene rings is 2. The molecule has 0 saturated carbocycles. The van der Waals surface area contributed by atoms with Gasteiger partial charge in [0.2, 0.25) is 11.8 Å². The number of anilines is 1. The fourth-order valence-electron chi connectivity index (χ4n) is 5.09. The summed E-state index contributed by atoms with van der Waals surface area (Å²) in [6.45, 7) is 4.81. The molecule has 3 aromatic rings. The maximum Gasteiger partial charge on any atom is 0.246 e. The van der Waals surface area contributed by atoms with Gasteiger partial charge in [0.15, 0.2) is 0 Å². The lowest BCUT2D eigenvalue weighted by Gasteiger charge is -2.47. The Labute approximate surface area is 191 Å². The third kappa shape index (κ3) is 3.65. The van der Waals surface area contributed by atoms with Gasteiger partial charge in [0.05, 0.1) is 18.3 Å². The van der Waals surface area contributed by atoms with E-state index >= 15 is 0 Å². The molecule has 2 aliphatic rings. The summed E-state index contributed by atoms with van der Waals surface area (Å²) in [4.78, 5) is 33.8. The molecular formula is C25H27N4O4-. The first-order valence-electron chi connectivity index (χ1n) is 11.3. The van der Waals surface area contributed by atoms with Crippen molar-refractivity contribution in [3.63, 3.8) is 0 Å². The third-order valence-corrected chi connectivity index (χ3v) is 6.73. The number of nitrogens with one attached hydrogen (secondary N) is 1. The predicted molar refractivity (Wildman–Crippen MR) is 125 cm³/mol. The fraction of sp³-hybridized carbons (Fsp3) is 0.360. The number of piperazine rings is 1. The third-order valence-electron chi connectivity index (χ3n) is 6.73. The van der Waals surface area contributed by atoms with E-state index in [9.17, 15) is 20.0 Å². The number of H-pyrrole nitrogens is 1. The number of hydrogen-bond acceptors (Lipinski definition) is 5. The number of nitrogens with zero attached hydrogens (tertiary/aromatic N) is 3. The van der Waals surface area contributed by atoms with E-state index < -0.39 is 12.1 Å². The van der Waals surface area contributed by atoms with Crippen LogP contribution in [0.2, 0.25) is 0 Å². The van der Waals surface area contributed by atoms with Crippen molar-refractivity contribution >= 4 is 28.4 Å². The van der Waals surface area contributed by atoms with Crippen LogP contribution in [0.25, 0.3) is 10.9 Å². The number of hydrogen-bond donors (Lipinski definition) is 2. The fourth-order valence-corrected chi connectivity index (χ4v) is 5.09. The summed E-state index contributed by atoms with van der Waals surface area (Å²) in [6, 6.07) is 13.3. The molecule has 2 unspecified atom stereocenters. The first kappa shape index (κ1) is 21.5. The molecule has 8 heteroatoms. The number of carbonyl (C=O) groups is 2. The zero-order chi connectivity index (χ0) is 23.3. The summed E-state index contributed by atoms with van der Waals surface area (Å²) in [5.74, 6) is 0.271. The van der Waals surface area contributed by atoms with Crippen molar-refractivity contribution in [2.24, 2.45) is 5.92 Å². The normalized spacial score (nSPS) is 20.4. The van der Waals surface area contributed by atoms with E-state index in [2.05, 4.69) is 18.8 Å². The van der Waals surface area contributed by atoms with Crippen LogP contribution < -0.4 is 5.23 Å². The average Bonchev–Trinajstić information content (AvgIpc) is 3.17. The van der Waals surface area contributed by atoms with Crippen molar-refractivity contribution in [1.29, 1.82) is 0 Å². The molecule has 2 N–H and O–H groups in total. The van der Waals surface area contributed by atoms with Crippen molar-refractivity contribution < 1.29 is 14.8 Å². The second-order valence-electron chi connectivity index (χ2n) is 9.30. The summed E-state index contributed by atoms with van der Waals surface area (Å²) in [5, 5.41) is 21.8. The number of para-hydroxylation sites is 1. The Hall–Kier alpha value is -3.36. The quantitative estimate of drug-likeness (QED) is 0.582. The SMILES string of the molecule is CC(C)CCN1CC(=O)N2C(Cc3c([nH]c4ccccc34)C2c2cccc(N([O-])O)c2)C1=O. The second kappa shape index (κ2) is 8.20. The molecule has 1 aromatic heterocycles. The van der Waals surface area contributed by atoms with Gasteiger partial charge in [-0.2, -0.15) is 0 Å². The topological polar surface area (TPSA) is 103 Å². The van der Waals surface area contributed by atoms with Gasteiger partial charge in [-0.3, -0.25) is 14.8 Å². The molecule has 8 nitrogen and oxygen atoms in total. The molecule has 2 amide bonds. The van der Waals surface area contributed by atoms with Crippen LogP contribution >= 0.6 is 0 Å². The smallest absolute Gasteiger partial charge is 0.246 e. The summed E-state index contributed by atoms with van der Waals surface area (Å²) in [5.41, 5.74) is 3.53. The van der Waals surface area contributed by atoms with Gasteiger partial charge < -0.3 is 25.2 Å². The Morgan fingerprint density at radius 2 is 1.97 bits per heavy atom. The monoisotopic (exact) mass is 447 g/mol. The average molecular weight is 448 g/mol. The van der Waals surface area contributed by atoms with Crippen LogP contribution in [0.15, 0.2) is 48.5 Å². The van der Waals surface area contributed by atoms with E-state index in [0.717, 1.165) is 28.6 Å². The number of carbonyl (C=O) groups excluding carboxylic acids is 2. The lowest BCUT2D eigenvalue weighted by molar-refractivity contribution is -0.158. The highest BCUT2D eigenvalue weighted by Gasteiger charge is 2.48. The Bertz CT molecular complexity index is 1220. The Morgan fingerprint density at radius 1 is 1.18 bits per heavy atom. The Morgan fingerprint density at radius 3 is 2.73 bits per heavy atom. The number of fused-ring (bicyclic) bond motifs is 4. The zero-order valence-corrected chi connectivity index (χ0v) is 18.7. The largest absolute Gasteiger partial charge is 0.733 e. The highest BCUT2D eigenvalue weighted by atomic mass is 16.8. The Balaban J connectivity index is 1.64. The number of amides is 2. The van der Waals surface area contributed by atoms with Gasteiger partial charge >= 0.3 is 0 Å². The number of aromatic nitrogens is 1. The molecule has 0 bridgehead atoms. The molecule has 2 atom stereocenters. The minimum absolute atomic E-state index is 0.0417. The molecular weight excluding hydrogens is 420 g/mol. The van der Waals surface area contributed by atoms with Crippen molar-refractivity contribution in [2.45, 2.75) is 38.8 Å². The molecule has 0 aliphatic carbocycles. The molecule has 33 heavy (non-hydrogen) atoms. The van der Waals surface area contributed by atoms with Gasteiger partial charge in [-0.1, -0.05) is 44.2 Å². The van der Waals surface area contributed by atoms with Crippen molar-refractivity contribution in [1.82, 2.24) is 14.8 Å². The zero-order valence-electron chi connectivity index (χ0n) is 18.7. The van der Waals surface area contributed by atoms with Crippen molar-refractivity contribution in [3.05, 3.63) is 70.6 Å². The maximum absolute atomic E-state index is 13.6. The molecule has 172 valence electrons. The van der Waals surface area contributed by atoms with Gasteiger partial charge in [-0.25, -0.2) is 0 Å². The van der Waals surface area contributed by atoms with E-state index in [-0.39, 0.29) is 29.3 Å². The van der Waals surface area contributed by atoms with Gasteiger partial charge in [-0.05, 0) is 41.7 Å². The highest BCUT2D eigenvalue weighted by molar-refractivity contribution is 5.97. The summed E-state index contributed by atoms with van der Waals surface area (Å²) in [6.07, 6.45) is 1.28. The number of aromatic amines is 1. The van der Waals surface area contributed by atoms with E-state index in [4.69, 9.17) is 0 Å². The summed E-state index contributed by atoms with van der Waals surface area (Å²) < 4.78 is 0. The standard InChI is InChI=1S/C25H27N4O4/c1-15(2)10-11-27-14-22(30)28-21(25(27)31)13-19-18-8-3-4-9-20(18)26-23(19)24(28)16-6-5-7-17(12-16)29(32)33/h3-9,12,15,21,24,26,32H,10-11,13-14H2,1-2H3/q-1. The number of rotatable bonds is 5. The van der Waals surface area contributed by atoms with Crippen LogP contribution in [0.4, 0.5) is 5.69 Å². The van der Waals surface area contributed by atoms with Gasteiger partial charge in [0.1, 0.15) is 6.04 Å². The maximum atomic E-state index is 13.6. The van der Waals surface area contributed by atoms with Gasteiger partial charge in [-0.15, -0.1) is 0 Å². The van der Waals surface area contributed by atoms with Crippen LogP contribution in [0.3, 0.4) is 0 Å². The van der Waals surface area contributed by atoms with E-state index in [1.54, 1.807) is 21.9 Å². The van der Waals surface area contributed by atoms with Crippen LogP contribution in [-0.2, 0) is 16.0 Å². The van der Waals surface area contributed by atoms with E-state index in [0.29, 0.717) is 24.4 Å². The van der Waals surface area contributed by atoms with Crippen LogP contribution in [0.1, 0.15) is 43.1 Å². The molecule has 0 spiro atoms. The predicted octanol–water partition coefficient (Wildman–Crippen LogP) is 3.59. The molecule has 1 fully saturated rings.